The first-order valence-corrected chi connectivity index (χ1v) is 2.83. The van der Waals surface area contributed by atoms with Gasteiger partial charge < -0.3 is 31.3 Å². The van der Waals surface area contributed by atoms with Gasteiger partial charge in [0.1, 0.15) is 0 Å². The predicted molar refractivity (Wildman–Crippen MR) is 24.1 cm³/mol. The van der Waals surface area contributed by atoms with Gasteiger partial charge in [-0.05, 0) is 0 Å². The summed E-state index contributed by atoms with van der Waals surface area (Å²) in [4.78, 5) is 0. The summed E-state index contributed by atoms with van der Waals surface area (Å²) in [7, 11) is -2.17. The molecule has 0 bridgehead atoms. The topological polar surface area (TPSA) is 104 Å². The van der Waals surface area contributed by atoms with Crippen LogP contribution in [0.2, 0.25) is 0 Å². The first-order chi connectivity index (χ1) is 2.00. The minimum Gasteiger partial charge on any atom is -0.542 e. The molecular formula is H8CuN4S. The van der Waals surface area contributed by atoms with Crippen LogP contribution < -0.4 is 20.6 Å². The molecule has 0 saturated heterocycles. The van der Waals surface area contributed by atoms with E-state index in [4.69, 9.17) is 20.6 Å². The van der Waals surface area contributed by atoms with Gasteiger partial charge in [0.25, 0.3) is 0 Å². The monoisotopic (exact) mass is 159 g/mol. The third-order valence-electron chi connectivity index (χ3n) is 0. The van der Waals surface area contributed by atoms with Gasteiger partial charge in [-0.15, -0.1) is 0 Å². The number of hydrogen-bond donors (Lipinski definition) is 4. The zero-order valence-corrected chi connectivity index (χ0v) is 4.78. The van der Waals surface area contributed by atoms with Gasteiger partial charge in [0.2, 0.25) is 0 Å². The van der Waals surface area contributed by atoms with E-state index in [2.05, 4.69) is 0 Å². The van der Waals surface area contributed by atoms with Gasteiger partial charge in [0.15, 0.2) is 0 Å². The second kappa shape index (κ2) is 2.81. The van der Waals surface area contributed by atoms with E-state index in [0.717, 1.165) is 0 Å². The Hall–Kier alpha value is 0.709. The van der Waals surface area contributed by atoms with Gasteiger partial charge in [-0.1, -0.05) is 0 Å². The minimum absolute atomic E-state index is 0. The fourth-order valence-electron chi connectivity index (χ4n) is 0. The van der Waals surface area contributed by atoms with Crippen molar-refractivity contribution in [3.8, 4) is 0 Å². The van der Waals surface area contributed by atoms with Crippen molar-refractivity contribution in [2.24, 2.45) is 20.6 Å². The van der Waals surface area contributed by atoms with Gasteiger partial charge in [-0.2, -0.15) is 0 Å². The Bertz CT molecular complexity index is 23.0. The fourth-order valence-corrected chi connectivity index (χ4v) is 0. The van der Waals surface area contributed by atoms with E-state index < -0.39 is 10.8 Å². The smallest absolute Gasteiger partial charge is 0.542 e. The Kier molecular flexibility index (Phi) is 4.62. The van der Waals surface area contributed by atoms with E-state index >= 15 is 0 Å². The standard InChI is InChI=1S/Cu.H8N4S/c;1-5(2,3)4/h;1-4H2/q+2;-2. The zero-order chi connectivity index (χ0) is 4.50. The van der Waals surface area contributed by atoms with Crippen molar-refractivity contribution in [1.82, 2.24) is 0 Å². The van der Waals surface area contributed by atoms with Crippen LogP contribution in [-0.2, 0) is 27.8 Å². The Morgan fingerprint density at radius 3 is 0.833 bits per heavy atom. The van der Waals surface area contributed by atoms with E-state index in [1.54, 1.807) is 0 Å². The molecule has 8 N–H and O–H groups in total. The summed E-state index contributed by atoms with van der Waals surface area (Å²) in [5.41, 5.74) is 0. The van der Waals surface area contributed by atoms with Crippen molar-refractivity contribution in [2.45, 2.75) is 0 Å². The van der Waals surface area contributed by atoms with Crippen LogP contribution in [0.5, 0.6) is 0 Å². The van der Waals surface area contributed by atoms with E-state index in [0.29, 0.717) is 0 Å². The van der Waals surface area contributed by atoms with Crippen molar-refractivity contribution < 1.29 is 17.1 Å². The van der Waals surface area contributed by atoms with Crippen LogP contribution in [0.4, 0.5) is 0 Å². The summed E-state index contributed by atoms with van der Waals surface area (Å²) in [6.07, 6.45) is 0. The minimum atomic E-state index is -2.17. The summed E-state index contributed by atoms with van der Waals surface area (Å²) >= 11 is 0. The molecule has 0 aliphatic carbocycles. The van der Waals surface area contributed by atoms with Crippen molar-refractivity contribution in [3.63, 3.8) is 0 Å². The van der Waals surface area contributed by atoms with E-state index in [1.165, 1.54) is 0 Å². The summed E-state index contributed by atoms with van der Waals surface area (Å²) in [6, 6.07) is 0. The van der Waals surface area contributed by atoms with Gasteiger partial charge >= 0.3 is 17.1 Å². The molecule has 0 unspecified atom stereocenters. The van der Waals surface area contributed by atoms with Crippen molar-refractivity contribution >= 4 is 10.8 Å². The van der Waals surface area contributed by atoms with Crippen LogP contribution in [0.1, 0.15) is 0 Å². The molecule has 0 aliphatic heterocycles. The van der Waals surface area contributed by atoms with Gasteiger partial charge in [-0.25, -0.2) is 0 Å². The zero-order valence-electron chi connectivity index (χ0n) is 3.02. The largest absolute Gasteiger partial charge is 2.00 e. The maximum atomic E-state index is 4.77. The normalized spacial score (nSPS) is 12.7. The number of rotatable bonds is 0. The molecule has 0 aromatic rings. The third-order valence-corrected chi connectivity index (χ3v) is 0. The molecule has 0 aromatic heterocycles. The molecule has 0 fully saturated rings. The van der Waals surface area contributed by atoms with Crippen molar-refractivity contribution in [3.05, 3.63) is 0 Å². The maximum Gasteiger partial charge on any atom is 2.00 e. The molecule has 45 valence electrons. The Morgan fingerprint density at radius 1 is 0.833 bits per heavy atom. The second-order valence-corrected chi connectivity index (χ2v) is 2.45. The molecule has 0 saturated carbocycles. The van der Waals surface area contributed by atoms with Crippen LogP contribution >= 0.6 is 0 Å². The quantitative estimate of drug-likeness (QED) is 0.297. The van der Waals surface area contributed by atoms with E-state index in [1.807, 2.05) is 0 Å². The molecule has 1 radical (unpaired) electrons. The molecule has 0 heterocycles. The summed E-state index contributed by atoms with van der Waals surface area (Å²) in [6.45, 7) is 0. The summed E-state index contributed by atoms with van der Waals surface area (Å²) in [5, 5.41) is 19.1. The second-order valence-electron chi connectivity index (χ2n) is 0.816. The predicted octanol–water partition coefficient (Wildman–Crippen LogP) is -2.37. The molecular weight excluding hydrogens is 152 g/mol. The third kappa shape index (κ3) is 129. The molecule has 0 aliphatic rings. The van der Waals surface area contributed by atoms with Gasteiger partial charge in [0.05, 0.1) is 0 Å². The SMILES string of the molecule is N[S-2](N)(N)N.[Cu+2]. The van der Waals surface area contributed by atoms with Crippen LogP contribution in [0.3, 0.4) is 0 Å². The van der Waals surface area contributed by atoms with Crippen molar-refractivity contribution in [2.75, 3.05) is 0 Å². The number of nitrogens with two attached hydrogens (primary N) is 4. The average molecular weight is 160 g/mol. The summed E-state index contributed by atoms with van der Waals surface area (Å²) in [5.74, 6) is 0. The average Bonchev–Trinajstić information content (AvgIpc) is 0.722. The molecule has 0 amide bonds. The number of hydrogen-bond acceptors (Lipinski definition) is 4. The first-order valence-electron chi connectivity index (χ1n) is 0.943. The fraction of sp³-hybridized carbons (Fsp3) is 0. The van der Waals surface area contributed by atoms with Crippen molar-refractivity contribution in [1.29, 1.82) is 0 Å². The van der Waals surface area contributed by atoms with Crippen LogP contribution in [0, 0.1) is 0 Å². The van der Waals surface area contributed by atoms with Crippen LogP contribution in [0.25, 0.3) is 0 Å². The molecule has 4 nitrogen and oxygen atoms in total. The van der Waals surface area contributed by atoms with E-state index in [9.17, 15) is 0 Å². The van der Waals surface area contributed by atoms with Crippen LogP contribution in [0.15, 0.2) is 0 Å². The summed E-state index contributed by atoms with van der Waals surface area (Å²) < 4.78 is 0. The molecule has 0 atom stereocenters. The Morgan fingerprint density at radius 2 is 0.833 bits per heavy atom. The Labute approximate surface area is 48.9 Å². The molecule has 0 spiro atoms. The van der Waals surface area contributed by atoms with Crippen LogP contribution in [-0.4, -0.2) is 0 Å². The molecule has 0 aromatic carbocycles. The Balaban J connectivity index is 0. The van der Waals surface area contributed by atoms with Gasteiger partial charge in [0, 0.05) is 0 Å². The first kappa shape index (κ1) is 9.86. The molecule has 6 heavy (non-hydrogen) atoms. The van der Waals surface area contributed by atoms with E-state index in [-0.39, 0.29) is 17.1 Å². The molecule has 0 rings (SSSR count). The maximum absolute atomic E-state index is 4.77. The molecule has 6 heteroatoms. The van der Waals surface area contributed by atoms with Gasteiger partial charge in [-0.3, -0.25) is 0 Å².